The van der Waals surface area contributed by atoms with Gasteiger partial charge in [-0.15, -0.1) is 0 Å². The van der Waals surface area contributed by atoms with E-state index in [2.05, 4.69) is 20.8 Å². The van der Waals surface area contributed by atoms with E-state index in [1.807, 2.05) is 0 Å². The molecule has 0 heterocycles. The Balaban J connectivity index is 0.00000240. The van der Waals surface area contributed by atoms with E-state index >= 15 is 0 Å². The van der Waals surface area contributed by atoms with Crippen LogP contribution in [0.15, 0.2) is 0 Å². The van der Waals surface area contributed by atoms with E-state index in [1.54, 1.807) is 0 Å². The van der Waals surface area contributed by atoms with Crippen molar-refractivity contribution < 1.29 is 49.7 Å². The predicted molar refractivity (Wildman–Crippen MR) is 106 cm³/mol. The zero-order valence-corrected chi connectivity index (χ0v) is 20.9. The van der Waals surface area contributed by atoms with Crippen LogP contribution in [0.1, 0.15) is 85.0 Å². The summed E-state index contributed by atoms with van der Waals surface area (Å²) >= 11 is 0. The van der Waals surface area contributed by atoms with Gasteiger partial charge in [-0.1, -0.05) is 20.8 Å². The number of carbonyl (C=O) groups is 1. The molecule has 29 heavy (non-hydrogen) atoms. The van der Waals surface area contributed by atoms with Crippen LogP contribution in [-0.4, -0.2) is 28.4 Å². The van der Waals surface area contributed by atoms with Crippen molar-refractivity contribution in [2.75, 3.05) is 0 Å². The molecule has 0 aromatic rings. The van der Waals surface area contributed by atoms with E-state index in [-0.39, 0.29) is 59.0 Å². The summed E-state index contributed by atoms with van der Waals surface area (Å²) in [5.74, 6) is 2.19. The van der Waals surface area contributed by atoms with Crippen molar-refractivity contribution in [1.82, 2.24) is 0 Å². The number of fused-ring (bicyclic) bond motifs is 5. The van der Waals surface area contributed by atoms with Crippen molar-refractivity contribution in [2.45, 2.75) is 97.2 Å². The smallest absolute Gasteiger partial charge is 0.550 e. The van der Waals surface area contributed by atoms with Crippen molar-refractivity contribution in [3.8, 4) is 0 Å². The van der Waals surface area contributed by atoms with Crippen LogP contribution < -0.4 is 34.7 Å². The van der Waals surface area contributed by atoms with Gasteiger partial charge in [0, 0.05) is 5.97 Å². The van der Waals surface area contributed by atoms with Gasteiger partial charge in [0.15, 0.2) is 0 Å². The maximum atomic E-state index is 11.5. The topological polar surface area (TPSA) is 80.6 Å². The van der Waals surface area contributed by atoms with Crippen LogP contribution in [0.2, 0.25) is 0 Å². The van der Waals surface area contributed by atoms with Crippen LogP contribution >= 0.6 is 0 Å². The van der Waals surface area contributed by atoms with Crippen molar-refractivity contribution in [1.29, 1.82) is 0 Å². The summed E-state index contributed by atoms with van der Waals surface area (Å²) < 4.78 is 0. The third-order valence-corrected chi connectivity index (χ3v) is 10.3. The minimum Gasteiger partial charge on any atom is -0.550 e. The molecule has 8 unspecified atom stereocenters. The number of hydrogen-bond donors (Lipinski definition) is 2. The van der Waals surface area contributed by atoms with Crippen molar-refractivity contribution in [3.63, 3.8) is 0 Å². The van der Waals surface area contributed by atoms with Crippen molar-refractivity contribution in [3.05, 3.63) is 0 Å². The minimum absolute atomic E-state index is 0. The molecule has 5 heteroatoms. The van der Waals surface area contributed by atoms with Gasteiger partial charge in [0.05, 0.1) is 12.2 Å². The zero-order chi connectivity index (χ0) is 20.3. The third-order valence-electron chi connectivity index (χ3n) is 10.3. The molecule has 4 aliphatic rings. The van der Waals surface area contributed by atoms with Crippen LogP contribution in [0.4, 0.5) is 0 Å². The molecule has 0 spiro atoms. The van der Waals surface area contributed by atoms with E-state index in [0.717, 1.165) is 32.1 Å². The Morgan fingerprint density at radius 1 is 1.07 bits per heavy atom. The number of rotatable bonds is 4. The van der Waals surface area contributed by atoms with E-state index in [4.69, 9.17) is 0 Å². The van der Waals surface area contributed by atoms with Gasteiger partial charge in [0.2, 0.25) is 0 Å². The second-order valence-electron chi connectivity index (χ2n) is 11.3. The zero-order valence-electron chi connectivity index (χ0n) is 18.9. The number of aliphatic hydroxyl groups is 2. The molecule has 10 atom stereocenters. The van der Waals surface area contributed by atoms with Gasteiger partial charge in [0.1, 0.15) is 0 Å². The molecule has 0 amide bonds. The molecule has 0 aliphatic heterocycles. The summed E-state index contributed by atoms with van der Waals surface area (Å²) in [5, 5.41) is 32.6. The summed E-state index contributed by atoms with van der Waals surface area (Å²) in [6, 6.07) is 0. The number of aliphatic hydroxyl groups excluding tert-OH is 2. The van der Waals surface area contributed by atoms with Crippen LogP contribution in [0.5, 0.6) is 0 Å². The molecule has 4 aliphatic carbocycles. The number of carboxylic acids is 1. The fourth-order valence-electron chi connectivity index (χ4n) is 8.71. The first-order chi connectivity index (χ1) is 13.2. The van der Waals surface area contributed by atoms with Gasteiger partial charge in [-0.3, -0.25) is 0 Å². The summed E-state index contributed by atoms with van der Waals surface area (Å²) in [7, 11) is 0. The molecule has 0 radical (unpaired) electrons. The summed E-state index contributed by atoms with van der Waals surface area (Å²) in [6.07, 6.45) is 8.98. The van der Waals surface area contributed by atoms with E-state index < -0.39 is 5.97 Å². The molecule has 0 saturated heterocycles. The summed E-state index contributed by atoms with van der Waals surface area (Å²) in [6.45, 7) is 6.94. The van der Waals surface area contributed by atoms with Crippen molar-refractivity contribution >= 4 is 5.97 Å². The van der Waals surface area contributed by atoms with Crippen LogP contribution in [0.3, 0.4) is 0 Å². The van der Waals surface area contributed by atoms with Crippen LogP contribution in [-0.2, 0) is 4.79 Å². The molecular weight excluding hydrogens is 375 g/mol. The Labute approximate surface area is 198 Å². The second-order valence-corrected chi connectivity index (χ2v) is 11.3. The van der Waals surface area contributed by atoms with Gasteiger partial charge >= 0.3 is 29.6 Å². The average Bonchev–Trinajstić information content (AvgIpc) is 3.00. The molecule has 2 N–H and O–H groups in total. The molecule has 4 fully saturated rings. The van der Waals surface area contributed by atoms with E-state index in [9.17, 15) is 20.1 Å². The number of hydrogen-bond acceptors (Lipinski definition) is 4. The molecule has 4 nitrogen and oxygen atoms in total. The number of carboxylic acid groups (broad SMARTS) is 1. The quantitative estimate of drug-likeness (QED) is 0.642. The second kappa shape index (κ2) is 8.73. The van der Waals surface area contributed by atoms with E-state index in [0.29, 0.717) is 41.9 Å². The molecule has 0 aromatic heterocycles. The Hall–Kier alpha value is 0.390. The Bertz CT molecular complexity index is 612. The Morgan fingerprint density at radius 2 is 1.79 bits per heavy atom. The first-order valence-electron chi connectivity index (χ1n) is 11.7. The van der Waals surface area contributed by atoms with Gasteiger partial charge < -0.3 is 20.1 Å². The summed E-state index contributed by atoms with van der Waals surface area (Å²) in [4.78, 5) is 10.9. The Morgan fingerprint density at radius 3 is 2.48 bits per heavy atom. The monoisotopic (exact) mass is 414 g/mol. The van der Waals surface area contributed by atoms with Gasteiger partial charge in [-0.2, -0.15) is 0 Å². The average molecular weight is 415 g/mol. The van der Waals surface area contributed by atoms with Crippen LogP contribution in [0.25, 0.3) is 0 Å². The number of carbonyl (C=O) groups excluding carboxylic acids is 1. The molecule has 4 rings (SSSR count). The first-order valence-corrected chi connectivity index (χ1v) is 11.7. The molecule has 0 bridgehead atoms. The number of aliphatic carboxylic acids is 1. The van der Waals surface area contributed by atoms with E-state index in [1.165, 1.54) is 19.3 Å². The molecule has 160 valence electrons. The first kappa shape index (κ1) is 24.0. The van der Waals surface area contributed by atoms with Gasteiger partial charge in [-0.25, -0.2) is 0 Å². The van der Waals surface area contributed by atoms with Gasteiger partial charge in [0.25, 0.3) is 0 Å². The maximum absolute atomic E-state index is 11.5. The van der Waals surface area contributed by atoms with Crippen LogP contribution in [0, 0.1) is 46.3 Å². The van der Waals surface area contributed by atoms with Crippen molar-refractivity contribution in [2.24, 2.45) is 46.3 Å². The third kappa shape index (κ3) is 3.88. The standard InChI is InChI=1S/C24H40O4.Na/c1-14(4-9-22(27)28)18-7-8-19-17-6-5-15-12-16(25)10-11-23(15,2)20(17)13-21(26)24(18,19)3;/h14-21,25-26H,4-13H2,1-3H3,(H,27,28);/q;+1/p-1/t14?,15?,16?,17?,18?,19?,20?,21?,23-,24+;/m0./s1. The minimum atomic E-state index is -0.957. The fraction of sp³-hybridized carbons (Fsp3) is 0.958. The molecule has 4 saturated carbocycles. The SMILES string of the molecule is CC(CCC(=O)[O-])C1CCC2C3CCC4CC(O)CC[C@]4(C)C3CC(O)[C@]12C.[Na+]. The molecular formula is C24H39NaO4. The largest absolute Gasteiger partial charge is 1.00 e. The maximum Gasteiger partial charge on any atom is 1.00 e. The fourth-order valence-corrected chi connectivity index (χ4v) is 8.71. The summed E-state index contributed by atoms with van der Waals surface area (Å²) in [5.41, 5.74) is 0.188. The molecule has 0 aromatic carbocycles. The van der Waals surface area contributed by atoms with Gasteiger partial charge in [-0.05, 0) is 111 Å². The Kier molecular flexibility index (Phi) is 7.24. The predicted octanol–water partition coefficient (Wildman–Crippen LogP) is 0.147. The normalized spacial score (nSPS) is 49.9.